The van der Waals surface area contributed by atoms with E-state index in [2.05, 4.69) is 24.1 Å². The zero-order chi connectivity index (χ0) is 11.3. The summed E-state index contributed by atoms with van der Waals surface area (Å²) in [5.41, 5.74) is 0. The van der Waals surface area contributed by atoms with Gasteiger partial charge in [-0.05, 0) is 20.4 Å². The maximum absolute atomic E-state index is 11.9. The standard InChI is InChI=1S/C11H23N3O.ClH/c1-4-10(2)13(3)9-11(15)14-7-5-12-6-8-14;/h10,12H,4-9H2,1-3H3;1H. The van der Waals surface area contributed by atoms with E-state index in [1.54, 1.807) is 0 Å². The minimum absolute atomic E-state index is 0. The number of carbonyl (C=O) groups is 1. The van der Waals surface area contributed by atoms with Crippen molar-refractivity contribution in [2.45, 2.75) is 26.3 Å². The van der Waals surface area contributed by atoms with Gasteiger partial charge < -0.3 is 10.2 Å². The number of rotatable bonds is 4. The Labute approximate surface area is 105 Å². The summed E-state index contributed by atoms with van der Waals surface area (Å²) >= 11 is 0. The molecule has 0 aromatic rings. The van der Waals surface area contributed by atoms with Gasteiger partial charge >= 0.3 is 0 Å². The molecular weight excluding hydrogens is 226 g/mol. The predicted molar refractivity (Wildman–Crippen MR) is 69.1 cm³/mol. The van der Waals surface area contributed by atoms with Gasteiger partial charge in [0.05, 0.1) is 6.54 Å². The summed E-state index contributed by atoms with van der Waals surface area (Å²) < 4.78 is 0. The van der Waals surface area contributed by atoms with E-state index < -0.39 is 0 Å². The number of amides is 1. The van der Waals surface area contributed by atoms with Gasteiger partial charge in [-0.3, -0.25) is 9.69 Å². The van der Waals surface area contributed by atoms with Crippen LogP contribution in [-0.4, -0.2) is 61.5 Å². The lowest BCUT2D eigenvalue weighted by molar-refractivity contribution is -0.133. The maximum atomic E-state index is 11.9. The first-order valence-corrected chi connectivity index (χ1v) is 5.84. The van der Waals surface area contributed by atoms with Crippen LogP contribution in [-0.2, 0) is 4.79 Å². The molecule has 1 fully saturated rings. The van der Waals surface area contributed by atoms with Crippen LogP contribution in [0.4, 0.5) is 0 Å². The van der Waals surface area contributed by atoms with E-state index in [0.29, 0.717) is 12.6 Å². The first-order valence-electron chi connectivity index (χ1n) is 5.84. The number of piperazine rings is 1. The monoisotopic (exact) mass is 249 g/mol. The zero-order valence-corrected chi connectivity index (χ0v) is 11.3. The Morgan fingerprint density at radius 3 is 2.50 bits per heavy atom. The third-order valence-corrected chi connectivity index (χ3v) is 3.20. The molecule has 1 rings (SSSR count). The highest BCUT2D eigenvalue weighted by Crippen LogP contribution is 2.02. The van der Waals surface area contributed by atoms with Crippen molar-refractivity contribution >= 4 is 18.3 Å². The zero-order valence-electron chi connectivity index (χ0n) is 10.5. The smallest absolute Gasteiger partial charge is 0.236 e. The normalized spacial score (nSPS) is 18.1. The second-order valence-corrected chi connectivity index (χ2v) is 4.30. The van der Waals surface area contributed by atoms with Crippen LogP contribution in [0.5, 0.6) is 0 Å². The molecule has 1 atom stereocenters. The maximum Gasteiger partial charge on any atom is 0.236 e. The molecule has 4 nitrogen and oxygen atoms in total. The van der Waals surface area contributed by atoms with Crippen LogP contribution in [0.1, 0.15) is 20.3 Å². The van der Waals surface area contributed by atoms with E-state index in [4.69, 9.17) is 0 Å². The first-order chi connectivity index (χ1) is 7.15. The second kappa shape index (κ2) is 7.87. The Morgan fingerprint density at radius 1 is 1.44 bits per heavy atom. The third-order valence-electron chi connectivity index (χ3n) is 3.20. The lowest BCUT2D eigenvalue weighted by Gasteiger charge is -2.30. The molecule has 1 N–H and O–H groups in total. The number of carbonyl (C=O) groups excluding carboxylic acids is 1. The fourth-order valence-electron chi connectivity index (χ4n) is 1.70. The number of likely N-dealkylation sites (N-methyl/N-ethyl adjacent to an activating group) is 1. The molecular formula is C11H24ClN3O. The predicted octanol–water partition coefficient (Wildman–Crippen LogP) is 0.570. The number of hydrogen-bond donors (Lipinski definition) is 1. The molecule has 1 amide bonds. The highest BCUT2D eigenvalue weighted by atomic mass is 35.5. The van der Waals surface area contributed by atoms with Gasteiger partial charge in [0.25, 0.3) is 0 Å². The van der Waals surface area contributed by atoms with Crippen molar-refractivity contribution in [2.75, 3.05) is 39.8 Å². The van der Waals surface area contributed by atoms with Gasteiger partial charge in [0, 0.05) is 32.2 Å². The minimum Gasteiger partial charge on any atom is -0.339 e. The molecule has 1 saturated heterocycles. The average molecular weight is 250 g/mol. The van der Waals surface area contributed by atoms with E-state index in [1.807, 2.05) is 11.9 Å². The molecule has 5 heteroatoms. The van der Waals surface area contributed by atoms with Gasteiger partial charge in [0.15, 0.2) is 0 Å². The molecule has 0 aromatic heterocycles. The molecule has 0 spiro atoms. The van der Waals surface area contributed by atoms with Crippen molar-refractivity contribution in [2.24, 2.45) is 0 Å². The van der Waals surface area contributed by atoms with Crippen LogP contribution < -0.4 is 5.32 Å². The lowest BCUT2D eigenvalue weighted by atomic mass is 10.2. The van der Waals surface area contributed by atoms with Crippen LogP contribution in [0.25, 0.3) is 0 Å². The summed E-state index contributed by atoms with van der Waals surface area (Å²) in [5, 5.41) is 3.25. The number of nitrogens with zero attached hydrogens (tertiary/aromatic N) is 2. The van der Waals surface area contributed by atoms with E-state index in [-0.39, 0.29) is 18.3 Å². The minimum atomic E-state index is 0. The van der Waals surface area contributed by atoms with Crippen LogP contribution in [0.3, 0.4) is 0 Å². The van der Waals surface area contributed by atoms with E-state index >= 15 is 0 Å². The quantitative estimate of drug-likeness (QED) is 0.792. The summed E-state index contributed by atoms with van der Waals surface area (Å²) in [6.07, 6.45) is 1.09. The summed E-state index contributed by atoms with van der Waals surface area (Å²) in [6.45, 7) is 8.43. The molecule has 0 saturated carbocycles. The molecule has 1 aliphatic rings. The van der Waals surface area contributed by atoms with Gasteiger partial charge in [-0.25, -0.2) is 0 Å². The van der Waals surface area contributed by atoms with Crippen LogP contribution in [0.2, 0.25) is 0 Å². The molecule has 0 bridgehead atoms. The Balaban J connectivity index is 0.00000225. The average Bonchev–Trinajstić information content (AvgIpc) is 2.29. The summed E-state index contributed by atoms with van der Waals surface area (Å²) in [6, 6.07) is 0.483. The fraction of sp³-hybridized carbons (Fsp3) is 0.909. The molecule has 96 valence electrons. The van der Waals surface area contributed by atoms with Gasteiger partial charge in [-0.1, -0.05) is 6.92 Å². The van der Waals surface area contributed by atoms with Gasteiger partial charge in [-0.15, -0.1) is 12.4 Å². The van der Waals surface area contributed by atoms with Crippen molar-refractivity contribution in [3.05, 3.63) is 0 Å². The summed E-state index contributed by atoms with van der Waals surface area (Å²) in [7, 11) is 2.02. The summed E-state index contributed by atoms with van der Waals surface area (Å²) in [5.74, 6) is 0.263. The second-order valence-electron chi connectivity index (χ2n) is 4.30. The van der Waals surface area contributed by atoms with Crippen LogP contribution in [0.15, 0.2) is 0 Å². The third kappa shape index (κ3) is 4.68. The molecule has 16 heavy (non-hydrogen) atoms. The van der Waals surface area contributed by atoms with Gasteiger partial charge in [0.2, 0.25) is 5.91 Å². The molecule has 1 unspecified atom stereocenters. The fourth-order valence-corrected chi connectivity index (χ4v) is 1.70. The van der Waals surface area contributed by atoms with Crippen LogP contribution >= 0.6 is 12.4 Å². The van der Waals surface area contributed by atoms with E-state index in [9.17, 15) is 4.79 Å². The molecule has 1 heterocycles. The van der Waals surface area contributed by atoms with Crippen molar-refractivity contribution in [3.63, 3.8) is 0 Å². The number of hydrogen-bond acceptors (Lipinski definition) is 3. The Morgan fingerprint density at radius 2 is 2.00 bits per heavy atom. The van der Waals surface area contributed by atoms with Crippen molar-refractivity contribution in [3.8, 4) is 0 Å². The largest absolute Gasteiger partial charge is 0.339 e. The van der Waals surface area contributed by atoms with E-state index in [0.717, 1.165) is 32.6 Å². The number of nitrogens with one attached hydrogen (secondary N) is 1. The lowest BCUT2D eigenvalue weighted by Crippen LogP contribution is -2.50. The molecule has 0 aromatic carbocycles. The van der Waals surface area contributed by atoms with Crippen molar-refractivity contribution < 1.29 is 4.79 Å². The van der Waals surface area contributed by atoms with Gasteiger partial charge in [-0.2, -0.15) is 0 Å². The SMILES string of the molecule is CCC(C)N(C)CC(=O)N1CCNCC1.Cl. The number of halogens is 1. The van der Waals surface area contributed by atoms with Crippen molar-refractivity contribution in [1.82, 2.24) is 15.1 Å². The Hall–Kier alpha value is -0.320. The summed E-state index contributed by atoms with van der Waals surface area (Å²) in [4.78, 5) is 16.0. The Bertz CT molecular complexity index is 207. The van der Waals surface area contributed by atoms with Crippen molar-refractivity contribution in [1.29, 1.82) is 0 Å². The molecule has 0 radical (unpaired) electrons. The van der Waals surface area contributed by atoms with Crippen LogP contribution in [0, 0.1) is 0 Å². The highest BCUT2D eigenvalue weighted by molar-refractivity contribution is 5.85. The topological polar surface area (TPSA) is 35.6 Å². The molecule has 0 aliphatic carbocycles. The highest BCUT2D eigenvalue weighted by Gasteiger charge is 2.18. The van der Waals surface area contributed by atoms with E-state index in [1.165, 1.54) is 0 Å². The Kier molecular flexibility index (Phi) is 7.72. The molecule has 1 aliphatic heterocycles. The first kappa shape index (κ1) is 15.7. The van der Waals surface area contributed by atoms with Gasteiger partial charge in [0.1, 0.15) is 0 Å².